The second-order valence-corrected chi connectivity index (χ2v) is 7.88. The van der Waals surface area contributed by atoms with Crippen molar-refractivity contribution in [3.8, 4) is 11.4 Å². The van der Waals surface area contributed by atoms with Gasteiger partial charge in [-0.1, -0.05) is 73.5 Å². The molecule has 1 heterocycles. The van der Waals surface area contributed by atoms with Gasteiger partial charge in [0, 0.05) is 17.9 Å². The molecular weight excluding hydrogens is 326 g/mol. The molecule has 0 aliphatic heterocycles. The minimum atomic E-state index is 0.849. The fourth-order valence-electron chi connectivity index (χ4n) is 3.85. The van der Waals surface area contributed by atoms with Gasteiger partial charge < -0.3 is 4.57 Å². The van der Waals surface area contributed by atoms with E-state index in [1.54, 1.807) is 0 Å². The van der Waals surface area contributed by atoms with Gasteiger partial charge in [0.2, 0.25) is 0 Å². The highest BCUT2D eigenvalue weighted by molar-refractivity contribution is 7.99. The summed E-state index contributed by atoms with van der Waals surface area (Å²) >= 11 is 1.89. The van der Waals surface area contributed by atoms with Crippen LogP contribution in [-0.4, -0.2) is 20.5 Å². The molecule has 3 nitrogen and oxygen atoms in total. The summed E-state index contributed by atoms with van der Waals surface area (Å²) < 4.78 is 2.27. The lowest BCUT2D eigenvalue weighted by atomic mass is 9.91. The fourth-order valence-corrected chi connectivity index (χ4v) is 5.03. The van der Waals surface area contributed by atoms with E-state index in [1.165, 1.54) is 54.2 Å². The largest absolute Gasteiger partial charge is 0.302 e. The molecule has 25 heavy (non-hydrogen) atoms. The average molecular weight is 352 g/mol. The monoisotopic (exact) mass is 351 g/mol. The summed E-state index contributed by atoms with van der Waals surface area (Å²) in [5.74, 6) is 3.01. The van der Waals surface area contributed by atoms with Crippen molar-refractivity contribution in [2.75, 3.05) is 5.75 Å². The molecule has 0 N–H and O–H groups in total. The van der Waals surface area contributed by atoms with Crippen molar-refractivity contribution in [1.29, 1.82) is 0 Å². The van der Waals surface area contributed by atoms with Gasteiger partial charge in [-0.3, -0.25) is 0 Å². The molecule has 130 valence electrons. The number of aromatic nitrogens is 3. The van der Waals surface area contributed by atoms with E-state index in [2.05, 4.69) is 64.2 Å². The fraction of sp³-hybridized carbons (Fsp3) is 0.429. The topological polar surface area (TPSA) is 30.7 Å². The molecule has 0 saturated heterocycles. The van der Waals surface area contributed by atoms with Crippen molar-refractivity contribution < 1.29 is 0 Å². The van der Waals surface area contributed by atoms with Gasteiger partial charge in [0.1, 0.15) is 0 Å². The second kappa shape index (κ2) is 7.61. The Kier molecular flexibility index (Phi) is 5.07. The van der Waals surface area contributed by atoms with Crippen LogP contribution in [0.15, 0.2) is 47.6 Å². The van der Waals surface area contributed by atoms with E-state index >= 15 is 0 Å². The molecule has 0 unspecified atom stereocenters. The Balaban J connectivity index is 1.63. The molecule has 1 aromatic heterocycles. The van der Waals surface area contributed by atoms with Gasteiger partial charge in [-0.05, 0) is 36.5 Å². The van der Waals surface area contributed by atoms with Crippen LogP contribution in [0.3, 0.4) is 0 Å². The van der Waals surface area contributed by atoms with Crippen molar-refractivity contribution in [2.45, 2.75) is 50.7 Å². The summed E-state index contributed by atoms with van der Waals surface area (Å²) in [6.07, 6.45) is 6.96. The maximum absolute atomic E-state index is 4.56. The van der Waals surface area contributed by atoms with E-state index in [4.69, 9.17) is 0 Å². The molecule has 0 amide bonds. The Morgan fingerprint density at radius 1 is 1.00 bits per heavy atom. The lowest BCUT2D eigenvalue weighted by molar-refractivity contribution is 0.390. The molecule has 4 heteroatoms. The maximum Gasteiger partial charge on any atom is 0.191 e. The van der Waals surface area contributed by atoms with Crippen LogP contribution in [0, 0.1) is 5.92 Å². The minimum Gasteiger partial charge on any atom is -0.302 e. The number of hydrogen-bond acceptors (Lipinski definition) is 3. The molecule has 1 aliphatic rings. The Morgan fingerprint density at radius 2 is 1.80 bits per heavy atom. The summed E-state index contributed by atoms with van der Waals surface area (Å²) in [4.78, 5) is 0. The standard InChI is InChI=1S/C21H25N3S/c1-2-24-20(19-14-8-12-17-11-6-7-13-18(17)19)22-23-21(24)25-15-16-9-4-3-5-10-16/h6-8,11-14,16H,2-5,9-10,15H2,1H3. The molecule has 1 saturated carbocycles. The first-order valence-electron chi connectivity index (χ1n) is 9.41. The lowest BCUT2D eigenvalue weighted by Crippen LogP contribution is -2.09. The summed E-state index contributed by atoms with van der Waals surface area (Å²) in [7, 11) is 0. The molecule has 1 fully saturated rings. The van der Waals surface area contributed by atoms with Crippen LogP contribution in [0.5, 0.6) is 0 Å². The zero-order valence-electron chi connectivity index (χ0n) is 14.8. The van der Waals surface area contributed by atoms with Crippen LogP contribution in [0.2, 0.25) is 0 Å². The smallest absolute Gasteiger partial charge is 0.191 e. The van der Waals surface area contributed by atoms with Crippen LogP contribution >= 0.6 is 11.8 Å². The number of rotatable bonds is 5. The number of nitrogens with zero attached hydrogens (tertiary/aromatic N) is 3. The Hall–Kier alpha value is -1.81. The first-order chi connectivity index (χ1) is 12.4. The van der Waals surface area contributed by atoms with E-state index in [-0.39, 0.29) is 0 Å². The number of fused-ring (bicyclic) bond motifs is 1. The Bertz CT molecular complexity index is 844. The van der Waals surface area contributed by atoms with Gasteiger partial charge in [-0.25, -0.2) is 0 Å². The number of hydrogen-bond donors (Lipinski definition) is 0. The zero-order chi connectivity index (χ0) is 17.1. The van der Waals surface area contributed by atoms with E-state index < -0.39 is 0 Å². The highest BCUT2D eigenvalue weighted by Gasteiger charge is 2.18. The SMILES string of the molecule is CCn1c(SCC2CCCCC2)nnc1-c1cccc2ccccc12. The lowest BCUT2D eigenvalue weighted by Gasteiger charge is -2.20. The van der Waals surface area contributed by atoms with Crippen LogP contribution in [0.4, 0.5) is 0 Å². The van der Waals surface area contributed by atoms with Gasteiger partial charge >= 0.3 is 0 Å². The van der Waals surface area contributed by atoms with Crippen molar-refractivity contribution in [3.63, 3.8) is 0 Å². The third-order valence-electron chi connectivity index (χ3n) is 5.24. The molecule has 4 rings (SSSR count). The first-order valence-corrected chi connectivity index (χ1v) is 10.4. The Morgan fingerprint density at radius 3 is 2.64 bits per heavy atom. The number of benzene rings is 2. The van der Waals surface area contributed by atoms with Gasteiger partial charge in [-0.15, -0.1) is 10.2 Å². The highest BCUT2D eigenvalue weighted by atomic mass is 32.2. The van der Waals surface area contributed by atoms with Crippen LogP contribution in [-0.2, 0) is 6.54 Å². The van der Waals surface area contributed by atoms with Crippen molar-refractivity contribution in [3.05, 3.63) is 42.5 Å². The number of thioether (sulfide) groups is 1. The molecule has 1 aliphatic carbocycles. The van der Waals surface area contributed by atoms with E-state index in [0.29, 0.717) is 0 Å². The third-order valence-corrected chi connectivity index (χ3v) is 6.43. The summed E-state index contributed by atoms with van der Waals surface area (Å²) in [6, 6.07) is 14.9. The van der Waals surface area contributed by atoms with Gasteiger partial charge in [0.15, 0.2) is 11.0 Å². The predicted molar refractivity (Wildman–Crippen MR) is 106 cm³/mol. The van der Waals surface area contributed by atoms with Crippen LogP contribution < -0.4 is 0 Å². The van der Waals surface area contributed by atoms with Gasteiger partial charge in [-0.2, -0.15) is 0 Å². The van der Waals surface area contributed by atoms with Crippen molar-refractivity contribution >= 4 is 22.5 Å². The third kappa shape index (κ3) is 3.45. The van der Waals surface area contributed by atoms with E-state index in [9.17, 15) is 0 Å². The molecule has 0 bridgehead atoms. The van der Waals surface area contributed by atoms with Crippen molar-refractivity contribution in [2.24, 2.45) is 5.92 Å². The predicted octanol–water partition coefficient (Wildman–Crippen LogP) is 5.79. The van der Waals surface area contributed by atoms with E-state index in [1.807, 2.05) is 11.8 Å². The quantitative estimate of drug-likeness (QED) is 0.545. The summed E-state index contributed by atoms with van der Waals surface area (Å²) in [6.45, 7) is 3.08. The Labute approximate surface area is 153 Å². The van der Waals surface area contributed by atoms with Gasteiger partial charge in [0.05, 0.1) is 0 Å². The average Bonchev–Trinajstić information content (AvgIpc) is 3.09. The first kappa shape index (κ1) is 16.6. The van der Waals surface area contributed by atoms with Crippen LogP contribution in [0.25, 0.3) is 22.2 Å². The molecule has 2 aromatic carbocycles. The molecule has 0 spiro atoms. The summed E-state index contributed by atoms with van der Waals surface area (Å²) in [5.41, 5.74) is 1.18. The van der Waals surface area contributed by atoms with Crippen molar-refractivity contribution in [1.82, 2.24) is 14.8 Å². The minimum absolute atomic E-state index is 0.849. The van der Waals surface area contributed by atoms with E-state index in [0.717, 1.165) is 23.4 Å². The molecule has 3 aromatic rings. The summed E-state index contributed by atoms with van der Waals surface area (Å²) in [5, 5.41) is 12.7. The van der Waals surface area contributed by atoms with Gasteiger partial charge in [0.25, 0.3) is 0 Å². The molecule has 0 atom stereocenters. The molecular formula is C21H25N3S. The normalized spacial score (nSPS) is 15.7. The highest BCUT2D eigenvalue weighted by Crippen LogP contribution is 2.32. The van der Waals surface area contributed by atoms with Crippen LogP contribution in [0.1, 0.15) is 39.0 Å². The molecule has 0 radical (unpaired) electrons. The second-order valence-electron chi connectivity index (χ2n) is 6.89. The zero-order valence-corrected chi connectivity index (χ0v) is 15.6. The maximum atomic E-state index is 4.56.